The van der Waals surface area contributed by atoms with Gasteiger partial charge in [-0.2, -0.15) is 0 Å². The minimum atomic E-state index is -1.01. The summed E-state index contributed by atoms with van der Waals surface area (Å²) in [6.45, 7) is 0.520. The zero-order chi connectivity index (χ0) is 17.2. The Labute approximate surface area is 144 Å². The molecule has 24 heavy (non-hydrogen) atoms. The van der Waals surface area contributed by atoms with E-state index in [0.29, 0.717) is 11.4 Å². The summed E-state index contributed by atoms with van der Waals surface area (Å²) in [4.78, 5) is 23.8. The molecule has 2 aromatic rings. The van der Waals surface area contributed by atoms with Crippen molar-refractivity contribution >= 4 is 23.2 Å². The number of para-hydroxylation sites is 1. The van der Waals surface area contributed by atoms with E-state index >= 15 is 0 Å². The second-order valence-electron chi connectivity index (χ2n) is 5.99. The minimum Gasteiger partial charge on any atom is -0.496 e. The molecule has 0 spiro atoms. The molecule has 1 heterocycles. The van der Waals surface area contributed by atoms with E-state index in [2.05, 4.69) is 11.4 Å². The van der Waals surface area contributed by atoms with Crippen LogP contribution in [0.1, 0.15) is 44.2 Å². The van der Waals surface area contributed by atoms with Gasteiger partial charge in [0.2, 0.25) is 0 Å². The van der Waals surface area contributed by atoms with Crippen molar-refractivity contribution in [2.75, 3.05) is 13.7 Å². The van der Waals surface area contributed by atoms with Crippen molar-refractivity contribution in [1.29, 1.82) is 0 Å². The Balaban J connectivity index is 1.74. The molecule has 1 aromatic carbocycles. The zero-order valence-electron chi connectivity index (χ0n) is 13.4. The highest BCUT2D eigenvalue weighted by Gasteiger charge is 2.40. The molecule has 2 N–H and O–H groups in total. The quantitative estimate of drug-likeness (QED) is 0.842. The van der Waals surface area contributed by atoms with Crippen molar-refractivity contribution in [2.45, 2.75) is 24.7 Å². The third kappa shape index (κ3) is 3.01. The number of carboxylic acid groups (broad SMARTS) is 1. The van der Waals surface area contributed by atoms with E-state index in [0.717, 1.165) is 41.9 Å². The maximum Gasteiger partial charge on any atom is 0.345 e. The fourth-order valence-electron chi connectivity index (χ4n) is 3.14. The number of amides is 1. The molecule has 1 fully saturated rings. The Morgan fingerprint density at radius 1 is 1.21 bits per heavy atom. The van der Waals surface area contributed by atoms with Gasteiger partial charge in [0, 0.05) is 17.5 Å². The topological polar surface area (TPSA) is 75.6 Å². The van der Waals surface area contributed by atoms with Crippen molar-refractivity contribution in [1.82, 2.24) is 5.32 Å². The fourth-order valence-corrected chi connectivity index (χ4v) is 3.90. The average molecular weight is 345 g/mol. The van der Waals surface area contributed by atoms with Crippen molar-refractivity contribution in [3.05, 3.63) is 51.7 Å². The molecule has 5 nitrogen and oxygen atoms in total. The Bertz CT molecular complexity index is 764. The summed E-state index contributed by atoms with van der Waals surface area (Å²) in [5, 5.41) is 11.9. The molecule has 0 saturated heterocycles. The second-order valence-corrected chi connectivity index (χ2v) is 7.07. The molecule has 126 valence electrons. The summed E-state index contributed by atoms with van der Waals surface area (Å²) in [7, 11) is 1.66. The van der Waals surface area contributed by atoms with Gasteiger partial charge in [0.25, 0.3) is 5.91 Å². The van der Waals surface area contributed by atoms with E-state index in [1.54, 1.807) is 13.2 Å². The molecule has 0 bridgehead atoms. The van der Waals surface area contributed by atoms with Crippen LogP contribution in [0, 0.1) is 0 Å². The summed E-state index contributed by atoms with van der Waals surface area (Å²) in [6, 6.07) is 10.9. The van der Waals surface area contributed by atoms with Gasteiger partial charge in [-0.15, -0.1) is 11.3 Å². The maximum atomic E-state index is 12.3. The molecule has 0 aliphatic heterocycles. The SMILES string of the molecule is COc1ccccc1C1(CNC(=O)c2ccc(C(=O)O)s2)CCC1. The van der Waals surface area contributed by atoms with Crippen LogP contribution in [-0.4, -0.2) is 30.6 Å². The van der Waals surface area contributed by atoms with E-state index in [-0.39, 0.29) is 16.2 Å². The lowest BCUT2D eigenvalue weighted by Gasteiger charge is -2.43. The predicted octanol–water partition coefficient (Wildman–Crippen LogP) is 3.31. The molecule has 0 atom stereocenters. The van der Waals surface area contributed by atoms with Gasteiger partial charge in [0.05, 0.1) is 12.0 Å². The average Bonchev–Trinajstić information content (AvgIpc) is 3.04. The number of carbonyl (C=O) groups is 2. The summed E-state index contributed by atoms with van der Waals surface area (Å²) in [6.07, 6.45) is 3.12. The van der Waals surface area contributed by atoms with E-state index in [4.69, 9.17) is 9.84 Å². The van der Waals surface area contributed by atoms with Crippen LogP contribution in [0.25, 0.3) is 0 Å². The van der Waals surface area contributed by atoms with Crippen LogP contribution < -0.4 is 10.1 Å². The second kappa shape index (κ2) is 6.65. The Morgan fingerprint density at radius 2 is 1.92 bits per heavy atom. The number of nitrogens with one attached hydrogen (secondary N) is 1. The fraction of sp³-hybridized carbons (Fsp3) is 0.333. The normalized spacial score (nSPS) is 15.4. The predicted molar refractivity (Wildman–Crippen MR) is 92.1 cm³/mol. The van der Waals surface area contributed by atoms with Crippen LogP contribution in [-0.2, 0) is 5.41 Å². The van der Waals surface area contributed by atoms with Crippen LogP contribution in [0.4, 0.5) is 0 Å². The van der Waals surface area contributed by atoms with Crippen LogP contribution in [0.3, 0.4) is 0 Å². The van der Waals surface area contributed by atoms with Gasteiger partial charge >= 0.3 is 5.97 Å². The van der Waals surface area contributed by atoms with Gasteiger partial charge in [-0.1, -0.05) is 24.6 Å². The van der Waals surface area contributed by atoms with E-state index in [9.17, 15) is 9.59 Å². The highest BCUT2D eigenvalue weighted by molar-refractivity contribution is 7.15. The van der Waals surface area contributed by atoms with Gasteiger partial charge in [-0.3, -0.25) is 4.79 Å². The van der Waals surface area contributed by atoms with E-state index in [1.807, 2.05) is 18.2 Å². The van der Waals surface area contributed by atoms with Gasteiger partial charge < -0.3 is 15.2 Å². The van der Waals surface area contributed by atoms with Gasteiger partial charge in [-0.05, 0) is 31.0 Å². The number of hydrogen-bond acceptors (Lipinski definition) is 4. The molecular weight excluding hydrogens is 326 g/mol. The number of thiophene rings is 1. The van der Waals surface area contributed by atoms with E-state index < -0.39 is 5.97 Å². The molecule has 6 heteroatoms. The van der Waals surface area contributed by atoms with Crippen LogP contribution in [0.15, 0.2) is 36.4 Å². The molecule has 3 rings (SSSR count). The minimum absolute atomic E-state index is 0.102. The molecule has 1 saturated carbocycles. The van der Waals surface area contributed by atoms with Crippen molar-refractivity contribution in [3.63, 3.8) is 0 Å². The monoisotopic (exact) mass is 345 g/mol. The van der Waals surface area contributed by atoms with Gasteiger partial charge in [-0.25, -0.2) is 4.79 Å². The number of aromatic carboxylic acids is 1. The Kier molecular flexibility index (Phi) is 4.57. The van der Waals surface area contributed by atoms with Crippen molar-refractivity contribution in [2.24, 2.45) is 0 Å². The highest BCUT2D eigenvalue weighted by Crippen LogP contribution is 2.46. The number of carbonyl (C=O) groups excluding carboxylic acids is 1. The number of benzene rings is 1. The Morgan fingerprint density at radius 3 is 2.50 bits per heavy atom. The molecule has 1 aliphatic rings. The Hall–Kier alpha value is -2.34. The first kappa shape index (κ1) is 16.5. The zero-order valence-corrected chi connectivity index (χ0v) is 14.2. The largest absolute Gasteiger partial charge is 0.496 e. The molecule has 1 aromatic heterocycles. The maximum absolute atomic E-state index is 12.3. The number of methoxy groups -OCH3 is 1. The molecule has 1 amide bonds. The molecular formula is C18H19NO4S. The summed E-state index contributed by atoms with van der Waals surface area (Å²) in [5.74, 6) is -0.395. The van der Waals surface area contributed by atoms with Crippen LogP contribution in [0.2, 0.25) is 0 Å². The van der Waals surface area contributed by atoms with Crippen molar-refractivity contribution in [3.8, 4) is 5.75 Å². The lowest BCUT2D eigenvalue weighted by molar-refractivity contribution is 0.0702. The molecule has 0 unspecified atom stereocenters. The third-order valence-corrected chi connectivity index (χ3v) is 5.69. The standard InChI is InChI=1S/C18H19NO4S/c1-23-13-6-3-2-5-12(13)18(9-4-10-18)11-19-16(20)14-7-8-15(24-14)17(21)22/h2-3,5-8H,4,9-11H2,1H3,(H,19,20)(H,21,22). The number of rotatable bonds is 6. The van der Waals surface area contributed by atoms with Crippen LogP contribution in [0.5, 0.6) is 5.75 Å². The van der Waals surface area contributed by atoms with Gasteiger partial charge in [0.15, 0.2) is 0 Å². The number of ether oxygens (including phenoxy) is 1. The van der Waals surface area contributed by atoms with Gasteiger partial charge in [0.1, 0.15) is 10.6 Å². The summed E-state index contributed by atoms with van der Waals surface area (Å²) < 4.78 is 5.47. The smallest absolute Gasteiger partial charge is 0.345 e. The first-order valence-electron chi connectivity index (χ1n) is 7.80. The first-order chi connectivity index (χ1) is 11.6. The number of carboxylic acids is 1. The number of hydrogen-bond donors (Lipinski definition) is 2. The summed E-state index contributed by atoms with van der Waals surface area (Å²) >= 11 is 0.992. The molecule has 0 radical (unpaired) electrons. The van der Waals surface area contributed by atoms with Crippen molar-refractivity contribution < 1.29 is 19.4 Å². The lowest BCUT2D eigenvalue weighted by Crippen LogP contribution is -2.45. The molecule has 1 aliphatic carbocycles. The first-order valence-corrected chi connectivity index (χ1v) is 8.62. The third-order valence-electron chi connectivity index (χ3n) is 4.62. The van der Waals surface area contributed by atoms with Crippen LogP contribution >= 0.6 is 11.3 Å². The van der Waals surface area contributed by atoms with E-state index in [1.165, 1.54) is 6.07 Å². The highest BCUT2D eigenvalue weighted by atomic mass is 32.1. The summed E-state index contributed by atoms with van der Waals surface area (Å²) in [5.41, 5.74) is 1.02. The lowest BCUT2D eigenvalue weighted by atomic mass is 9.64.